The smallest absolute Gasteiger partial charge is 0.407 e. The number of ether oxygens (including phenoxy) is 1. The number of carbonyl (C=O) groups is 1. The van der Waals surface area contributed by atoms with Crippen molar-refractivity contribution in [3.8, 4) is 0 Å². The van der Waals surface area contributed by atoms with E-state index < -0.39 is 5.60 Å². The van der Waals surface area contributed by atoms with Crippen molar-refractivity contribution in [2.45, 2.75) is 58.2 Å². The van der Waals surface area contributed by atoms with E-state index >= 15 is 0 Å². The summed E-state index contributed by atoms with van der Waals surface area (Å²) in [4.78, 5) is 11.9. The Morgan fingerprint density at radius 3 is 2.73 bits per heavy atom. The fourth-order valence-electron chi connectivity index (χ4n) is 2.74. The highest BCUT2D eigenvalue weighted by atomic mass is 35.5. The van der Waals surface area contributed by atoms with Crippen LogP contribution in [0.1, 0.15) is 50.8 Å². The molecule has 0 bridgehead atoms. The summed E-state index contributed by atoms with van der Waals surface area (Å²) in [6, 6.07) is 6.39. The molecule has 2 unspecified atom stereocenters. The van der Waals surface area contributed by atoms with Crippen LogP contribution in [0, 0.1) is 6.92 Å². The van der Waals surface area contributed by atoms with Crippen molar-refractivity contribution in [3.63, 3.8) is 0 Å². The second-order valence-corrected chi connectivity index (χ2v) is 7.37. The minimum absolute atomic E-state index is 0.111. The summed E-state index contributed by atoms with van der Waals surface area (Å²) >= 11 is 6.15. The lowest BCUT2D eigenvalue weighted by Crippen LogP contribution is -2.45. The number of halogens is 1. The number of rotatable bonds is 2. The van der Waals surface area contributed by atoms with Gasteiger partial charge in [-0.1, -0.05) is 17.7 Å². The number of nitrogens with one attached hydrogen (secondary N) is 2. The third-order valence-electron chi connectivity index (χ3n) is 3.59. The first kappa shape index (κ1) is 17.1. The fourth-order valence-corrected chi connectivity index (χ4v) is 3.04. The molecular formula is C17H25ClN2O2. The Balaban J connectivity index is 1.98. The molecule has 1 saturated heterocycles. The monoisotopic (exact) mass is 324 g/mol. The van der Waals surface area contributed by atoms with Crippen LogP contribution in [0.2, 0.25) is 5.02 Å². The van der Waals surface area contributed by atoms with Gasteiger partial charge in [0.15, 0.2) is 0 Å². The second-order valence-electron chi connectivity index (χ2n) is 6.94. The topological polar surface area (TPSA) is 50.4 Å². The molecule has 0 spiro atoms. The fraction of sp³-hybridized carbons (Fsp3) is 0.588. The Kier molecular flexibility index (Phi) is 5.35. The lowest BCUT2D eigenvalue weighted by atomic mass is 9.93. The van der Waals surface area contributed by atoms with E-state index in [1.165, 1.54) is 5.56 Å². The number of amides is 1. The first-order chi connectivity index (χ1) is 10.2. The van der Waals surface area contributed by atoms with Crippen LogP contribution in [-0.2, 0) is 4.74 Å². The highest BCUT2D eigenvalue weighted by Crippen LogP contribution is 2.27. The molecule has 1 aromatic rings. The van der Waals surface area contributed by atoms with Gasteiger partial charge in [-0.05, 0) is 70.3 Å². The molecule has 2 rings (SSSR count). The average molecular weight is 325 g/mol. The largest absolute Gasteiger partial charge is 0.444 e. The van der Waals surface area contributed by atoms with E-state index in [9.17, 15) is 4.79 Å². The molecule has 0 aromatic heterocycles. The van der Waals surface area contributed by atoms with Crippen LogP contribution in [0.5, 0.6) is 0 Å². The molecule has 1 aliphatic heterocycles. The highest BCUT2D eigenvalue weighted by molar-refractivity contribution is 6.30. The van der Waals surface area contributed by atoms with Crippen LogP contribution >= 0.6 is 11.6 Å². The van der Waals surface area contributed by atoms with Crippen molar-refractivity contribution >= 4 is 17.7 Å². The summed E-state index contributed by atoms with van der Waals surface area (Å²) in [6.45, 7) is 8.50. The molecule has 1 aromatic carbocycles. The van der Waals surface area contributed by atoms with Crippen molar-refractivity contribution in [1.29, 1.82) is 0 Å². The van der Waals surface area contributed by atoms with Gasteiger partial charge >= 0.3 is 6.09 Å². The molecule has 2 atom stereocenters. The van der Waals surface area contributed by atoms with Crippen LogP contribution in [0.4, 0.5) is 4.79 Å². The average Bonchev–Trinajstić information content (AvgIpc) is 2.35. The highest BCUT2D eigenvalue weighted by Gasteiger charge is 2.26. The minimum atomic E-state index is -0.472. The summed E-state index contributed by atoms with van der Waals surface area (Å²) in [5.41, 5.74) is 1.84. The third-order valence-corrected chi connectivity index (χ3v) is 3.81. The Hall–Kier alpha value is -1.26. The summed E-state index contributed by atoms with van der Waals surface area (Å²) in [6.07, 6.45) is 1.38. The van der Waals surface area contributed by atoms with Gasteiger partial charge in [0, 0.05) is 17.1 Å². The number of alkyl carbamates (subject to hydrolysis) is 1. The number of benzene rings is 1. The Morgan fingerprint density at radius 2 is 2.09 bits per heavy atom. The minimum Gasteiger partial charge on any atom is -0.444 e. The maximum atomic E-state index is 11.9. The number of aryl methyl sites for hydroxylation is 1. The Labute approximate surface area is 137 Å². The predicted octanol–water partition coefficient (Wildman–Crippen LogP) is 3.97. The lowest BCUT2D eigenvalue weighted by Gasteiger charge is -2.32. The molecular weight excluding hydrogens is 300 g/mol. The molecule has 22 heavy (non-hydrogen) atoms. The molecule has 1 heterocycles. The van der Waals surface area contributed by atoms with Crippen LogP contribution in [0.15, 0.2) is 18.2 Å². The molecule has 0 radical (unpaired) electrons. The van der Waals surface area contributed by atoms with E-state index in [1.807, 2.05) is 39.8 Å². The van der Waals surface area contributed by atoms with Crippen LogP contribution in [-0.4, -0.2) is 24.3 Å². The van der Waals surface area contributed by atoms with Crippen LogP contribution < -0.4 is 10.6 Å². The number of piperidine rings is 1. The van der Waals surface area contributed by atoms with Gasteiger partial charge in [-0.3, -0.25) is 0 Å². The standard InChI is InChI=1S/C17H25ClN2O2/c1-11-7-12(9-13(18)8-11)15-10-14(5-6-19-15)20-16(21)22-17(2,3)4/h7-9,14-15,19H,5-6,10H2,1-4H3,(H,20,21). The summed E-state index contributed by atoms with van der Waals surface area (Å²) in [5.74, 6) is 0. The van der Waals surface area contributed by atoms with Gasteiger partial charge in [-0.15, -0.1) is 0 Å². The Morgan fingerprint density at radius 1 is 1.36 bits per heavy atom. The van der Waals surface area contributed by atoms with E-state index in [4.69, 9.17) is 16.3 Å². The zero-order valence-electron chi connectivity index (χ0n) is 13.7. The van der Waals surface area contributed by atoms with Gasteiger partial charge in [0.2, 0.25) is 0 Å². The summed E-state index contributed by atoms with van der Waals surface area (Å²) in [7, 11) is 0. The molecule has 1 amide bonds. The summed E-state index contributed by atoms with van der Waals surface area (Å²) < 4.78 is 5.33. The van der Waals surface area contributed by atoms with E-state index in [1.54, 1.807) is 0 Å². The van der Waals surface area contributed by atoms with Crippen molar-refractivity contribution in [2.24, 2.45) is 0 Å². The Bertz CT molecular complexity index is 520. The normalized spacial score (nSPS) is 22.2. The molecule has 0 saturated carbocycles. The van der Waals surface area contributed by atoms with Gasteiger partial charge < -0.3 is 15.4 Å². The van der Waals surface area contributed by atoms with Crippen molar-refractivity contribution in [2.75, 3.05) is 6.54 Å². The summed E-state index contributed by atoms with van der Waals surface area (Å²) in [5, 5.41) is 7.21. The molecule has 122 valence electrons. The lowest BCUT2D eigenvalue weighted by molar-refractivity contribution is 0.0490. The quantitative estimate of drug-likeness (QED) is 0.865. The van der Waals surface area contributed by atoms with Crippen LogP contribution in [0.3, 0.4) is 0 Å². The van der Waals surface area contributed by atoms with Crippen molar-refractivity contribution in [1.82, 2.24) is 10.6 Å². The maximum Gasteiger partial charge on any atom is 0.407 e. The van der Waals surface area contributed by atoms with E-state index in [-0.39, 0.29) is 18.2 Å². The molecule has 1 aliphatic rings. The predicted molar refractivity (Wildman–Crippen MR) is 89.3 cm³/mol. The zero-order valence-corrected chi connectivity index (χ0v) is 14.5. The van der Waals surface area contributed by atoms with Gasteiger partial charge in [0.1, 0.15) is 5.60 Å². The number of hydrogen-bond acceptors (Lipinski definition) is 3. The van der Waals surface area contributed by atoms with Crippen molar-refractivity contribution < 1.29 is 9.53 Å². The number of carbonyl (C=O) groups excluding carboxylic acids is 1. The van der Waals surface area contributed by atoms with E-state index in [2.05, 4.69) is 16.7 Å². The van der Waals surface area contributed by atoms with Gasteiger partial charge in [0.05, 0.1) is 0 Å². The molecule has 1 fully saturated rings. The second kappa shape index (κ2) is 6.88. The molecule has 4 nitrogen and oxygen atoms in total. The van der Waals surface area contributed by atoms with E-state index in [0.29, 0.717) is 0 Å². The maximum absolute atomic E-state index is 11.9. The SMILES string of the molecule is Cc1cc(Cl)cc(C2CC(NC(=O)OC(C)(C)C)CCN2)c1. The molecule has 5 heteroatoms. The van der Waals surface area contributed by atoms with Crippen LogP contribution in [0.25, 0.3) is 0 Å². The molecule has 0 aliphatic carbocycles. The van der Waals surface area contributed by atoms with Gasteiger partial charge in [-0.25, -0.2) is 4.79 Å². The van der Waals surface area contributed by atoms with Gasteiger partial charge in [-0.2, -0.15) is 0 Å². The zero-order chi connectivity index (χ0) is 16.3. The third kappa shape index (κ3) is 5.18. The first-order valence-corrected chi connectivity index (χ1v) is 8.11. The van der Waals surface area contributed by atoms with E-state index in [0.717, 1.165) is 30.0 Å². The molecule has 2 N–H and O–H groups in total. The van der Waals surface area contributed by atoms with Crippen molar-refractivity contribution in [3.05, 3.63) is 34.3 Å². The number of hydrogen-bond donors (Lipinski definition) is 2. The first-order valence-electron chi connectivity index (χ1n) is 7.73. The van der Waals surface area contributed by atoms with Gasteiger partial charge in [0.25, 0.3) is 0 Å².